The molecule has 0 atom stereocenters. The Balaban J connectivity index is 1.51. The van der Waals surface area contributed by atoms with Gasteiger partial charge in [-0.3, -0.25) is 4.98 Å². The minimum Gasteiger partial charge on any atom is -0.335 e. The van der Waals surface area contributed by atoms with Gasteiger partial charge in [-0.2, -0.15) is 13.2 Å². The van der Waals surface area contributed by atoms with Crippen LogP contribution < -0.4 is 15.4 Å². The molecule has 2 aromatic rings. The molecule has 1 aliphatic rings. The van der Waals surface area contributed by atoms with Gasteiger partial charge in [-0.15, -0.1) is 0 Å². The number of carbonyl (C=O) groups excluding carboxylic acids is 1. The van der Waals surface area contributed by atoms with Crippen molar-refractivity contribution in [3.8, 4) is 0 Å². The van der Waals surface area contributed by atoms with Gasteiger partial charge in [0.15, 0.2) is 0 Å². The molecule has 12 heteroatoms. The van der Waals surface area contributed by atoms with Crippen molar-refractivity contribution in [3.63, 3.8) is 0 Å². The van der Waals surface area contributed by atoms with Crippen molar-refractivity contribution in [2.45, 2.75) is 55.4 Å². The second kappa shape index (κ2) is 10.1. The van der Waals surface area contributed by atoms with Gasteiger partial charge in [0, 0.05) is 31.0 Å². The van der Waals surface area contributed by atoms with Crippen LogP contribution in [0.5, 0.6) is 0 Å². The van der Waals surface area contributed by atoms with E-state index >= 15 is 0 Å². The van der Waals surface area contributed by atoms with Crippen molar-refractivity contribution in [2.75, 3.05) is 0 Å². The molecule has 7 nitrogen and oxygen atoms in total. The van der Waals surface area contributed by atoms with Gasteiger partial charge in [0.2, 0.25) is 10.0 Å². The number of nitrogens with zero attached hydrogens (tertiary/aromatic N) is 1. The van der Waals surface area contributed by atoms with Crippen LogP contribution in [0.2, 0.25) is 5.02 Å². The van der Waals surface area contributed by atoms with E-state index in [1.165, 1.54) is 0 Å². The molecular formula is C20H22ClF3N4O3S. The monoisotopic (exact) mass is 490 g/mol. The molecule has 32 heavy (non-hydrogen) atoms. The summed E-state index contributed by atoms with van der Waals surface area (Å²) in [6, 6.07) is 4.84. The second-order valence-corrected chi connectivity index (χ2v) is 9.59. The van der Waals surface area contributed by atoms with Gasteiger partial charge in [-0.05, 0) is 55.5 Å². The van der Waals surface area contributed by atoms with E-state index in [2.05, 4.69) is 20.3 Å². The van der Waals surface area contributed by atoms with E-state index < -0.39 is 32.7 Å². The van der Waals surface area contributed by atoms with E-state index in [0.29, 0.717) is 38.3 Å². The first kappa shape index (κ1) is 24.3. The zero-order valence-corrected chi connectivity index (χ0v) is 18.4. The number of urea groups is 1. The highest BCUT2D eigenvalue weighted by molar-refractivity contribution is 7.89. The van der Waals surface area contributed by atoms with Crippen molar-refractivity contribution in [3.05, 3.63) is 58.9 Å². The van der Waals surface area contributed by atoms with Gasteiger partial charge < -0.3 is 10.6 Å². The highest BCUT2D eigenvalue weighted by atomic mass is 35.5. The first-order chi connectivity index (χ1) is 15.0. The third-order valence-corrected chi connectivity index (χ3v) is 7.11. The van der Waals surface area contributed by atoms with Crippen molar-refractivity contribution < 1.29 is 26.4 Å². The molecular weight excluding hydrogens is 469 g/mol. The fourth-order valence-electron chi connectivity index (χ4n) is 3.45. The minimum absolute atomic E-state index is 0.137. The number of rotatable bonds is 6. The number of nitrogens with one attached hydrogen (secondary N) is 3. The summed E-state index contributed by atoms with van der Waals surface area (Å²) in [5, 5.41) is 5.29. The number of halogens is 4. The molecule has 3 rings (SSSR count). The summed E-state index contributed by atoms with van der Waals surface area (Å²) in [6.07, 6.45) is 0.474. The summed E-state index contributed by atoms with van der Waals surface area (Å²) in [5.74, 6) is 0. The van der Waals surface area contributed by atoms with Gasteiger partial charge in [0.1, 0.15) is 4.90 Å². The molecule has 1 aromatic carbocycles. The van der Waals surface area contributed by atoms with Gasteiger partial charge in [0.25, 0.3) is 0 Å². The van der Waals surface area contributed by atoms with Crippen molar-refractivity contribution >= 4 is 27.7 Å². The summed E-state index contributed by atoms with van der Waals surface area (Å²) < 4.78 is 66.5. The van der Waals surface area contributed by atoms with Crippen LogP contribution in [0.25, 0.3) is 0 Å². The van der Waals surface area contributed by atoms with Crippen LogP contribution in [0.4, 0.5) is 18.0 Å². The third kappa shape index (κ3) is 6.57. The lowest BCUT2D eigenvalue weighted by Crippen LogP contribution is -2.46. The Morgan fingerprint density at radius 2 is 1.81 bits per heavy atom. The maximum atomic E-state index is 12.9. The van der Waals surface area contributed by atoms with E-state index in [0.717, 1.165) is 17.7 Å². The first-order valence-electron chi connectivity index (χ1n) is 9.87. The summed E-state index contributed by atoms with van der Waals surface area (Å²) in [5.41, 5.74) is -0.235. The summed E-state index contributed by atoms with van der Waals surface area (Å²) in [7, 11) is -4.24. The Morgan fingerprint density at radius 3 is 2.44 bits per heavy atom. The minimum atomic E-state index is -4.68. The highest BCUT2D eigenvalue weighted by Crippen LogP contribution is 2.33. The number of carbonyl (C=O) groups is 1. The average Bonchev–Trinajstić information content (AvgIpc) is 2.73. The zero-order chi connectivity index (χ0) is 23.4. The molecule has 2 amide bonds. The summed E-state index contributed by atoms with van der Waals surface area (Å²) >= 11 is 5.86. The molecule has 0 radical (unpaired) electrons. The smallest absolute Gasteiger partial charge is 0.335 e. The molecule has 1 fully saturated rings. The number of aromatic nitrogens is 1. The zero-order valence-electron chi connectivity index (χ0n) is 16.8. The normalized spacial score (nSPS) is 19.4. The highest BCUT2D eigenvalue weighted by Gasteiger charge is 2.34. The fraction of sp³-hybridized carbons (Fsp3) is 0.400. The van der Waals surface area contributed by atoms with E-state index in [-0.39, 0.29) is 17.1 Å². The number of alkyl halides is 3. The molecule has 0 bridgehead atoms. The molecule has 0 spiro atoms. The lowest BCUT2D eigenvalue weighted by molar-refractivity contribution is -0.137. The van der Waals surface area contributed by atoms with Gasteiger partial charge >= 0.3 is 12.2 Å². The second-order valence-electron chi connectivity index (χ2n) is 7.50. The quantitative estimate of drug-likeness (QED) is 0.572. The first-order valence-corrected chi connectivity index (χ1v) is 11.7. The molecule has 0 aliphatic heterocycles. The Kier molecular flexibility index (Phi) is 7.63. The molecule has 1 heterocycles. The van der Waals surface area contributed by atoms with Crippen molar-refractivity contribution in [1.82, 2.24) is 20.3 Å². The topological polar surface area (TPSA) is 100 Å². The molecule has 0 unspecified atom stereocenters. The lowest BCUT2D eigenvalue weighted by Gasteiger charge is -2.29. The Labute approximate surface area is 188 Å². The Hall–Kier alpha value is -2.37. The van der Waals surface area contributed by atoms with E-state index in [1.54, 1.807) is 18.5 Å². The number of pyridine rings is 1. The predicted octanol–water partition coefficient (Wildman–Crippen LogP) is 3.84. The van der Waals surface area contributed by atoms with Gasteiger partial charge in [-0.25, -0.2) is 17.9 Å². The van der Waals surface area contributed by atoms with E-state index in [9.17, 15) is 26.4 Å². The van der Waals surface area contributed by atoms with E-state index in [1.807, 2.05) is 6.07 Å². The summed E-state index contributed by atoms with van der Waals surface area (Å²) in [6.45, 7) is 0.326. The average molecular weight is 491 g/mol. The predicted molar refractivity (Wildman–Crippen MR) is 112 cm³/mol. The van der Waals surface area contributed by atoms with E-state index in [4.69, 9.17) is 11.6 Å². The number of hydrogen-bond acceptors (Lipinski definition) is 4. The van der Waals surface area contributed by atoms with Crippen LogP contribution >= 0.6 is 11.6 Å². The van der Waals surface area contributed by atoms with Crippen LogP contribution in [0.3, 0.4) is 0 Å². The number of benzene rings is 1. The van der Waals surface area contributed by atoms with Crippen LogP contribution in [-0.2, 0) is 22.7 Å². The Morgan fingerprint density at radius 1 is 1.12 bits per heavy atom. The van der Waals surface area contributed by atoms with Crippen LogP contribution in [-0.4, -0.2) is 31.5 Å². The number of sulfonamides is 1. The molecule has 1 saturated carbocycles. The largest absolute Gasteiger partial charge is 0.416 e. The van der Waals surface area contributed by atoms with Crippen LogP contribution in [0.1, 0.15) is 36.8 Å². The SMILES string of the molecule is O=C(NCc1cccnc1)NC1CCC(NS(=O)(=O)c2cc(C(F)(F)F)ccc2Cl)CC1. The number of hydrogen-bond donors (Lipinski definition) is 3. The van der Waals surface area contributed by atoms with Crippen molar-refractivity contribution in [2.24, 2.45) is 0 Å². The van der Waals surface area contributed by atoms with Crippen LogP contribution in [0.15, 0.2) is 47.6 Å². The Bertz CT molecular complexity index is 1040. The maximum absolute atomic E-state index is 12.9. The number of amides is 2. The molecule has 3 N–H and O–H groups in total. The summed E-state index contributed by atoms with van der Waals surface area (Å²) in [4.78, 5) is 15.4. The third-order valence-electron chi connectivity index (χ3n) is 5.11. The molecule has 0 saturated heterocycles. The van der Waals surface area contributed by atoms with Gasteiger partial charge in [0.05, 0.1) is 10.6 Å². The molecule has 1 aliphatic carbocycles. The lowest BCUT2D eigenvalue weighted by atomic mass is 9.92. The van der Waals surface area contributed by atoms with Crippen LogP contribution in [0, 0.1) is 0 Å². The molecule has 174 valence electrons. The standard InChI is InChI=1S/C20H22ClF3N4O3S/c21-17-8-3-14(20(22,23)24)10-18(17)32(30,31)28-16-6-4-15(5-7-16)27-19(29)26-12-13-2-1-9-25-11-13/h1-3,8-11,15-16,28H,4-7,12H2,(H2,26,27,29). The van der Waals surface area contributed by atoms with Gasteiger partial charge in [-0.1, -0.05) is 17.7 Å². The van der Waals surface area contributed by atoms with Crippen molar-refractivity contribution in [1.29, 1.82) is 0 Å². The fourth-order valence-corrected chi connectivity index (χ4v) is 5.28. The molecule has 1 aromatic heterocycles. The maximum Gasteiger partial charge on any atom is 0.416 e.